The summed E-state index contributed by atoms with van der Waals surface area (Å²) >= 11 is 0.929. The number of imidazole rings is 1. The van der Waals surface area contributed by atoms with E-state index in [2.05, 4.69) is 4.98 Å². The molecule has 3 heterocycles. The lowest BCUT2D eigenvalue weighted by atomic mass is 10.5. The van der Waals surface area contributed by atoms with Crippen molar-refractivity contribution in [3.05, 3.63) is 42.6 Å². The van der Waals surface area contributed by atoms with Crippen LogP contribution in [0.5, 0.6) is 0 Å². The molecule has 0 N–H and O–H groups in total. The summed E-state index contributed by atoms with van der Waals surface area (Å²) in [7, 11) is 2.95. The molecule has 0 bridgehead atoms. The first-order valence-electron chi connectivity index (χ1n) is 5.08. The summed E-state index contributed by atoms with van der Waals surface area (Å²) in [6.07, 6.45) is 1.50. The molecular weight excluding hydrogens is 256 g/mol. The van der Waals surface area contributed by atoms with Gasteiger partial charge in [-0.15, -0.1) is 0 Å². The minimum Gasteiger partial charge on any atom is -0.285 e. The Kier molecular flexibility index (Phi) is 2.05. The Balaban J connectivity index is 2.76. The Labute approximate surface area is 103 Å². The van der Waals surface area contributed by atoms with Crippen molar-refractivity contribution in [1.82, 2.24) is 18.5 Å². The second-order valence-corrected chi connectivity index (χ2v) is 4.85. The van der Waals surface area contributed by atoms with Crippen molar-refractivity contribution in [3.63, 3.8) is 0 Å². The normalized spacial score (nSPS) is 11.4. The Bertz CT molecular complexity index is 959. The highest BCUT2D eigenvalue weighted by Gasteiger charge is 2.15. The van der Waals surface area contributed by atoms with Crippen molar-refractivity contribution in [2.45, 2.75) is 0 Å². The van der Waals surface area contributed by atoms with Gasteiger partial charge in [0.25, 0.3) is 5.56 Å². The molecule has 0 unspecified atom stereocenters. The molecule has 3 aromatic rings. The van der Waals surface area contributed by atoms with Gasteiger partial charge in [-0.25, -0.2) is 4.79 Å². The van der Waals surface area contributed by atoms with Crippen molar-refractivity contribution in [3.8, 4) is 0 Å². The fourth-order valence-electron chi connectivity index (χ4n) is 1.86. The molecule has 8 heteroatoms. The molecule has 0 atom stereocenters. The number of hydrogen-bond donors (Lipinski definition) is 0. The molecule has 3 aromatic heterocycles. The first kappa shape index (κ1) is 10.9. The van der Waals surface area contributed by atoms with Crippen LogP contribution in [0.25, 0.3) is 16.1 Å². The van der Waals surface area contributed by atoms with Crippen molar-refractivity contribution < 1.29 is 0 Å². The van der Waals surface area contributed by atoms with Gasteiger partial charge in [0.05, 0.1) is 0 Å². The Hall–Kier alpha value is -2.22. The standard InChI is InChI=1S/C10H8N4O3S/c1-12-7-6(8(16)13(2)10(12)17)14-4-3-5(15)18-9(14)11-7/h3-4H,1-2H3. The van der Waals surface area contributed by atoms with Gasteiger partial charge in [-0.3, -0.25) is 23.1 Å². The van der Waals surface area contributed by atoms with E-state index in [9.17, 15) is 14.4 Å². The van der Waals surface area contributed by atoms with Gasteiger partial charge in [0.15, 0.2) is 16.1 Å². The van der Waals surface area contributed by atoms with E-state index >= 15 is 0 Å². The summed E-state index contributed by atoms with van der Waals surface area (Å²) < 4.78 is 3.69. The third-order valence-corrected chi connectivity index (χ3v) is 3.62. The van der Waals surface area contributed by atoms with E-state index in [4.69, 9.17) is 0 Å². The first-order chi connectivity index (χ1) is 8.50. The third kappa shape index (κ3) is 1.23. The predicted octanol–water partition coefficient (Wildman–Crippen LogP) is -0.693. The highest BCUT2D eigenvalue weighted by molar-refractivity contribution is 7.14. The average molecular weight is 264 g/mol. The predicted molar refractivity (Wildman–Crippen MR) is 67.3 cm³/mol. The fraction of sp³-hybridized carbons (Fsp3) is 0.200. The maximum atomic E-state index is 12.1. The molecular formula is C10H8N4O3S. The topological polar surface area (TPSA) is 78.4 Å². The van der Waals surface area contributed by atoms with Gasteiger partial charge in [-0.05, 0) is 0 Å². The number of aromatic nitrogens is 4. The van der Waals surface area contributed by atoms with E-state index in [1.165, 1.54) is 28.3 Å². The second-order valence-electron chi connectivity index (χ2n) is 3.88. The number of fused-ring (bicyclic) bond motifs is 3. The molecule has 18 heavy (non-hydrogen) atoms. The molecule has 0 aromatic carbocycles. The summed E-state index contributed by atoms with van der Waals surface area (Å²) in [5, 5.41) is 0. The Morgan fingerprint density at radius 3 is 2.61 bits per heavy atom. The molecule has 0 aliphatic heterocycles. The van der Waals surface area contributed by atoms with E-state index in [0.29, 0.717) is 10.5 Å². The molecule has 0 aliphatic rings. The summed E-state index contributed by atoms with van der Waals surface area (Å²) in [5.41, 5.74) is -0.287. The molecule has 0 saturated heterocycles. The van der Waals surface area contributed by atoms with Crippen LogP contribution in [0.15, 0.2) is 26.6 Å². The average Bonchev–Trinajstić information content (AvgIpc) is 2.72. The molecule has 3 rings (SSSR count). The van der Waals surface area contributed by atoms with E-state index in [1.807, 2.05) is 0 Å². The van der Waals surface area contributed by atoms with Gasteiger partial charge in [0.2, 0.25) is 4.74 Å². The Morgan fingerprint density at radius 2 is 1.89 bits per heavy atom. The summed E-state index contributed by atoms with van der Waals surface area (Å²) in [4.78, 5) is 39.7. The monoisotopic (exact) mass is 264 g/mol. The van der Waals surface area contributed by atoms with Crippen LogP contribution in [0.1, 0.15) is 0 Å². The maximum absolute atomic E-state index is 12.1. The molecule has 0 saturated carbocycles. The number of nitrogens with zero attached hydrogens (tertiary/aromatic N) is 4. The van der Waals surface area contributed by atoms with E-state index in [1.54, 1.807) is 7.05 Å². The highest BCUT2D eigenvalue weighted by atomic mass is 32.1. The molecule has 0 radical (unpaired) electrons. The van der Waals surface area contributed by atoms with Gasteiger partial charge in [-0.2, -0.15) is 4.98 Å². The van der Waals surface area contributed by atoms with Crippen LogP contribution < -0.4 is 16.0 Å². The number of aryl methyl sites for hydroxylation is 1. The quantitative estimate of drug-likeness (QED) is 0.538. The van der Waals surface area contributed by atoms with Crippen molar-refractivity contribution >= 4 is 27.5 Å². The largest absolute Gasteiger partial charge is 0.332 e. The zero-order chi connectivity index (χ0) is 13.0. The van der Waals surface area contributed by atoms with Crippen LogP contribution in [0, 0.1) is 0 Å². The number of rotatable bonds is 0. The Morgan fingerprint density at radius 1 is 1.17 bits per heavy atom. The summed E-state index contributed by atoms with van der Waals surface area (Å²) in [6.45, 7) is 0. The molecule has 0 aliphatic carbocycles. The van der Waals surface area contributed by atoms with Crippen LogP contribution in [0.2, 0.25) is 0 Å². The van der Waals surface area contributed by atoms with Crippen molar-refractivity contribution in [2.75, 3.05) is 0 Å². The molecule has 0 amide bonds. The smallest absolute Gasteiger partial charge is 0.285 e. The molecule has 92 valence electrons. The second kappa shape index (κ2) is 3.39. The van der Waals surface area contributed by atoms with Crippen LogP contribution in [0.4, 0.5) is 0 Å². The van der Waals surface area contributed by atoms with Crippen LogP contribution in [-0.4, -0.2) is 18.5 Å². The molecule has 7 nitrogen and oxygen atoms in total. The van der Waals surface area contributed by atoms with Gasteiger partial charge in [0.1, 0.15) is 0 Å². The van der Waals surface area contributed by atoms with Gasteiger partial charge >= 0.3 is 5.69 Å². The van der Waals surface area contributed by atoms with Crippen molar-refractivity contribution in [1.29, 1.82) is 0 Å². The summed E-state index contributed by atoms with van der Waals surface area (Å²) in [5.74, 6) is 0. The molecule has 0 spiro atoms. The zero-order valence-corrected chi connectivity index (χ0v) is 10.4. The fourth-order valence-corrected chi connectivity index (χ4v) is 2.56. The lowest BCUT2D eigenvalue weighted by molar-refractivity contribution is 0.708. The van der Waals surface area contributed by atoms with Crippen LogP contribution >= 0.6 is 11.3 Å². The lowest BCUT2D eigenvalue weighted by Gasteiger charge is -2.01. The van der Waals surface area contributed by atoms with E-state index in [-0.39, 0.29) is 10.4 Å². The van der Waals surface area contributed by atoms with Gasteiger partial charge in [0, 0.05) is 26.4 Å². The van der Waals surface area contributed by atoms with Crippen LogP contribution in [0.3, 0.4) is 0 Å². The van der Waals surface area contributed by atoms with Gasteiger partial charge in [-0.1, -0.05) is 11.3 Å². The minimum absolute atomic E-state index is 0.153. The SMILES string of the molecule is Cn1c(=O)c2c(nc3sc(=O)ccn32)n(C)c1=O. The van der Waals surface area contributed by atoms with E-state index in [0.717, 1.165) is 15.9 Å². The lowest BCUT2D eigenvalue weighted by Crippen LogP contribution is -2.37. The molecule has 0 fully saturated rings. The zero-order valence-electron chi connectivity index (χ0n) is 9.58. The first-order valence-corrected chi connectivity index (χ1v) is 5.90. The van der Waals surface area contributed by atoms with Crippen LogP contribution in [-0.2, 0) is 14.1 Å². The minimum atomic E-state index is -0.441. The highest BCUT2D eigenvalue weighted by Crippen LogP contribution is 2.11. The maximum Gasteiger partial charge on any atom is 0.332 e. The van der Waals surface area contributed by atoms with Crippen molar-refractivity contribution in [2.24, 2.45) is 14.1 Å². The van der Waals surface area contributed by atoms with E-state index < -0.39 is 11.2 Å². The van der Waals surface area contributed by atoms with Gasteiger partial charge < -0.3 is 0 Å². The summed E-state index contributed by atoms with van der Waals surface area (Å²) in [6, 6.07) is 1.36. The number of hydrogen-bond acceptors (Lipinski definition) is 5. The third-order valence-electron chi connectivity index (χ3n) is 2.81.